The van der Waals surface area contributed by atoms with Gasteiger partial charge in [0.05, 0.1) is 0 Å². The van der Waals surface area contributed by atoms with Crippen LogP contribution in [-0.4, -0.2) is 18.6 Å². The molecule has 1 N–H and O–H groups in total. The van der Waals surface area contributed by atoms with Gasteiger partial charge in [0.2, 0.25) is 0 Å². The molecule has 1 unspecified atom stereocenters. The smallest absolute Gasteiger partial charge is 0.127 e. The molecule has 0 saturated carbocycles. The molecule has 0 amide bonds. The van der Waals surface area contributed by atoms with E-state index in [0.717, 1.165) is 23.4 Å². The Morgan fingerprint density at radius 2 is 2.19 bits per heavy atom. The van der Waals surface area contributed by atoms with E-state index in [4.69, 9.17) is 0 Å². The molecule has 3 heteroatoms. The van der Waals surface area contributed by atoms with Crippen LogP contribution in [0.5, 0.6) is 0 Å². The van der Waals surface area contributed by atoms with Crippen molar-refractivity contribution in [1.29, 1.82) is 0 Å². The van der Waals surface area contributed by atoms with Gasteiger partial charge in [-0.25, -0.2) is 4.39 Å². The van der Waals surface area contributed by atoms with E-state index in [1.54, 1.807) is 6.07 Å². The van der Waals surface area contributed by atoms with Gasteiger partial charge in [-0.3, -0.25) is 0 Å². The minimum atomic E-state index is -0.115. The Morgan fingerprint density at radius 1 is 1.44 bits per heavy atom. The standard InChI is InChI=1S/C13H20FNS/c1-10-4-5-13(14)12(6-10)8-15-7-11(2)9-16-3/h4-6,11,15H,7-9H2,1-3H3. The largest absolute Gasteiger partial charge is 0.312 e. The van der Waals surface area contributed by atoms with Crippen LogP contribution in [0.2, 0.25) is 0 Å². The van der Waals surface area contributed by atoms with E-state index in [1.807, 2.05) is 24.8 Å². The molecule has 0 aromatic heterocycles. The molecule has 0 aliphatic rings. The lowest BCUT2D eigenvalue weighted by molar-refractivity contribution is 0.539. The minimum Gasteiger partial charge on any atom is -0.312 e. The number of benzene rings is 1. The molecule has 1 aromatic rings. The zero-order chi connectivity index (χ0) is 12.0. The average Bonchev–Trinajstić information content (AvgIpc) is 2.23. The van der Waals surface area contributed by atoms with Crippen molar-refractivity contribution >= 4 is 11.8 Å². The molecule has 1 atom stereocenters. The molecule has 0 aliphatic carbocycles. The fourth-order valence-corrected chi connectivity index (χ4v) is 2.32. The van der Waals surface area contributed by atoms with Crippen molar-refractivity contribution in [2.24, 2.45) is 5.92 Å². The van der Waals surface area contributed by atoms with Gasteiger partial charge in [-0.05, 0) is 37.5 Å². The van der Waals surface area contributed by atoms with Crippen molar-refractivity contribution in [3.05, 3.63) is 35.1 Å². The topological polar surface area (TPSA) is 12.0 Å². The second-order valence-corrected chi connectivity index (χ2v) is 5.20. The molecule has 1 aromatic carbocycles. The lowest BCUT2D eigenvalue weighted by atomic mass is 10.1. The number of rotatable bonds is 6. The predicted octanol–water partition coefficient (Wildman–Crippen LogP) is 3.22. The van der Waals surface area contributed by atoms with Crippen LogP contribution in [-0.2, 0) is 6.54 Å². The molecule has 0 aliphatic heterocycles. The maximum absolute atomic E-state index is 13.4. The van der Waals surface area contributed by atoms with Crippen molar-refractivity contribution in [3.63, 3.8) is 0 Å². The van der Waals surface area contributed by atoms with Crippen molar-refractivity contribution in [2.45, 2.75) is 20.4 Å². The maximum atomic E-state index is 13.4. The molecule has 0 heterocycles. The fraction of sp³-hybridized carbons (Fsp3) is 0.538. The van der Waals surface area contributed by atoms with Crippen molar-refractivity contribution in [3.8, 4) is 0 Å². The second kappa shape index (κ2) is 6.92. The van der Waals surface area contributed by atoms with Crippen LogP contribution < -0.4 is 5.32 Å². The molecule has 1 nitrogen and oxygen atoms in total. The SMILES string of the molecule is CSCC(C)CNCc1cc(C)ccc1F. The summed E-state index contributed by atoms with van der Waals surface area (Å²) in [5.41, 5.74) is 1.87. The third-order valence-corrected chi connectivity index (χ3v) is 3.36. The number of halogens is 1. The lowest BCUT2D eigenvalue weighted by Gasteiger charge is -2.11. The van der Waals surface area contributed by atoms with Crippen molar-refractivity contribution < 1.29 is 4.39 Å². The third-order valence-electron chi connectivity index (χ3n) is 2.46. The van der Waals surface area contributed by atoms with Gasteiger partial charge in [0.1, 0.15) is 5.82 Å². The number of thioether (sulfide) groups is 1. The number of hydrogen-bond acceptors (Lipinski definition) is 2. The van der Waals surface area contributed by atoms with E-state index >= 15 is 0 Å². The van der Waals surface area contributed by atoms with Crippen LogP contribution in [0.1, 0.15) is 18.1 Å². The Morgan fingerprint density at radius 3 is 2.88 bits per heavy atom. The first-order valence-electron chi connectivity index (χ1n) is 5.58. The highest BCUT2D eigenvalue weighted by Crippen LogP contribution is 2.10. The van der Waals surface area contributed by atoms with E-state index in [1.165, 1.54) is 6.07 Å². The van der Waals surface area contributed by atoms with Crippen LogP contribution in [0.3, 0.4) is 0 Å². The van der Waals surface area contributed by atoms with E-state index in [9.17, 15) is 4.39 Å². The molecular formula is C13H20FNS. The Labute approximate surface area is 102 Å². The van der Waals surface area contributed by atoms with Gasteiger partial charge in [-0.15, -0.1) is 0 Å². The summed E-state index contributed by atoms with van der Waals surface area (Å²) in [4.78, 5) is 0. The average molecular weight is 241 g/mol. The van der Waals surface area contributed by atoms with Gasteiger partial charge >= 0.3 is 0 Å². The number of aryl methyl sites for hydroxylation is 1. The molecule has 0 spiro atoms. The molecule has 0 radical (unpaired) electrons. The zero-order valence-corrected chi connectivity index (χ0v) is 11.0. The first-order chi connectivity index (χ1) is 7.63. The quantitative estimate of drug-likeness (QED) is 0.820. The van der Waals surface area contributed by atoms with E-state index in [2.05, 4.69) is 18.5 Å². The molecule has 1 rings (SSSR count). The number of nitrogens with one attached hydrogen (secondary N) is 1. The highest BCUT2D eigenvalue weighted by Gasteiger charge is 2.04. The lowest BCUT2D eigenvalue weighted by Crippen LogP contribution is -2.22. The van der Waals surface area contributed by atoms with Crippen LogP contribution in [0.25, 0.3) is 0 Å². The summed E-state index contributed by atoms with van der Waals surface area (Å²) < 4.78 is 13.4. The van der Waals surface area contributed by atoms with Crippen LogP contribution in [0, 0.1) is 18.7 Å². The fourth-order valence-electron chi connectivity index (χ4n) is 1.64. The summed E-state index contributed by atoms with van der Waals surface area (Å²) in [7, 11) is 0. The summed E-state index contributed by atoms with van der Waals surface area (Å²) in [6, 6.07) is 5.24. The summed E-state index contributed by atoms with van der Waals surface area (Å²) in [5.74, 6) is 1.65. The van der Waals surface area contributed by atoms with Gasteiger partial charge in [-0.2, -0.15) is 11.8 Å². The summed E-state index contributed by atoms with van der Waals surface area (Å²) in [6.07, 6.45) is 2.11. The van der Waals surface area contributed by atoms with Gasteiger partial charge in [0, 0.05) is 12.1 Å². The van der Waals surface area contributed by atoms with Crippen molar-refractivity contribution in [1.82, 2.24) is 5.32 Å². The minimum absolute atomic E-state index is 0.115. The molecule has 16 heavy (non-hydrogen) atoms. The van der Waals surface area contributed by atoms with Crippen molar-refractivity contribution in [2.75, 3.05) is 18.6 Å². The van der Waals surface area contributed by atoms with E-state index < -0.39 is 0 Å². The van der Waals surface area contributed by atoms with E-state index in [0.29, 0.717) is 12.5 Å². The Balaban J connectivity index is 2.39. The monoisotopic (exact) mass is 241 g/mol. The summed E-state index contributed by atoms with van der Waals surface area (Å²) in [6.45, 7) is 5.75. The van der Waals surface area contributed by atoms with Crippen LogP contribution in [0.15, 0.2) is 18.2 Å². The van der Waals surface area contributed by atoms with Gasteiger partial charge in [0.15, 0.2) is 0 Å². The van der Waals surface area contributed by atoms with Crippen LogP contribution in [0.4, 0.5) is 4.39 Å². The molecule has 0 bridgehead atoms. The van der Waals surface area contributed by atoms with Gasteiger partial charge in [0.25, 0.3) is 0 Å². The first kappa shape index (κ1) is 13.5. The highest BCUT2D eigenvalue weighted by molar-refractivity contribution is 7.98. The third kappa shape index (κ3) is 4.54. The normalized spacial score (nSPS) is 12.8. The maximum Gasteiger partial charge on any atom is 0.127 e. The Kier molecular flexibility index (Phi) is 5.85. The van der Waals surface area contributed by atoms with Gasteiger partial charge in [-0.1, -0.05) is 24.6 Å². The molecular weight excluding hydrogens is 221 g/mol. The molecule has 0 saturated heterocycles. The Hall–Kier alpha value is -0.540. The first-order valence-corrected chi connectivity index (χ1v) is 6.97. The highest BCUT2D eigenvalue weighted by atomic mass is 32.2. The summed E-state index contributed by atoms with van der Waals surface area (Å²) >= 11 is 1.85. The molecule has 90 valence electrons. The van der Waals surface area contributed by atoms with Crippen LogP contribution >= 0.6 is 11.8 Å². The summed E-state index contributed by atoms with van der Waals surface area (Å²) in [5, 5.41) is 3.30. The Bertz CT molecular complexity index is 328. The second-order valence-electron chi connectivity index (χ2n) is 4.29. The van der Waals surface area contributed by atoms with Gasteiger partial charge < -0.3 is 5.32 Å². The van der Waals surface area contributed by atoms with E-state index in [-0.39, 0.29) is 5.82 Å². The molecule has 0 fully saturated rings. The predicted molar refractivity (Wildman–Crippen MR) is 70.4 cm³/mol. The number of hydrogen-bond donors (Lipinski definition) is 1. The zero-order valence-electron chi connectivity index (χ0n) is 10.2.